The van der Waals surface area contributed by atoms with E-state index in [0.29, 0.717) is 5.75 Å². The lowest BCUT2D eigenvalue weighted by atomic mass is 10.4. The van der Waals surface area contributed by atoms with Gasteiger partial charge in [0, 0.05) is 24.6 Å². The maximum atomic E-state index is 11.6. The predicted molar refractivity (Wildman–Crippen MR) is 74.7 cm³/mol. The topological polar surface area (TPSA) is 59.3 Å². The van der Waals surface area contributed by atoms with E-state index in [1.54, 1.807) is 6.20 Å². The molecule has 0 aliphatic rings. The van der Waals surface area contributed by atoms with Gasteiger partial charge in [-0.25, -0.2) is 9.97 Å². The van der Waals surface area contributed by atoms with Gasteiger partial charge in [0.15, 0.2) is 5.65 Å². The second kappa shape index (κ2) is 5.71. The molecule has 0 saturated heterocycles. The quantitative estimate of drug-likeness (QED) is 0.873. The monoisotopic (exact) mass is 328 g/mol. The first kappa shape index (κ1) is 13.4. The van der Waals surface area contributed by atoms with E-state index < -0.39 is 0 Å². The molecule has 7 heteroatoms. The number of hydrogen-bond donors (Lipinski definition) is 1. The van der Waals surface area contributed by atoms with Crippen molar-refractivity contribution in [1.29, 1.82) is 0 Å². The van der Waals surface area contributed by atoms with E-state index in [-0.39, 0.29) is 11.9 Å². The van der Waals surface area contributed by atoms with Gasteiger partial charge < -0.3 is 9.72 Å². The molecule has 2 heterocycles. The molecule has 5 nitrogen and oxygen atoms in total. The summed E-state index contributed by atoms with van der Waals surface area (Å²) >= 11 is 4.72. The number of amides is 1. The maximum absolute atomic E-state index is 11.6. The number of nitrogens with one attached hydrogen (secondary N) is 1. The second-order valence-electron chi connectivity index (χ2n) is 4.04. The summed E-state index contributed by atoms with van der Waals surface area (Å²) in [6.07, 6.45) is 5.39. The van der Waals surface area contributed by atoms with Crippen molar-refractivity contribution in [3.8, 4) is 0 Å². The van der Waals surface area contributed by atoms with Crippen LogP contribution < -0.4 is 5.32 Å². The molecule has 2 aromatic rings. The van der Waals surface area contributed by atoms with Crippen LogP contribution in [0.3, 0.4) is 0 Å². The van der Waals surface area contributed by atoms with Crippen LogP contribution in [0.25, 0.3) is 5.65 Å². The fourth-order valence-corrected chi connectivity index (χ4v) is 2.78. The first-order valence-electron chi connectivity index (χ1n) is 5.47. The maximum Gasteiger partial charge on any atom is 0.230 e. The highest BCUT2D eigenvalue weighted by Gasteiger charge is 2.10. The molecule has 0 radical (unpaired) electrons. The Morgan fingerprint density at radius 3 is 3.11 bits per heavy atom. The second-order valence-corrected chi connectivity index (χ2v) is 5.81. The molecule has 2 rings (SSSR count). The van der Waals surface area contributed by atoms with E-state index in [2.05, 4.69) is 31.2 Å². The van der Waals surface area contributed by atoms with Gasteiger partial charge >= 0.3 is 0 Å². The van der Waals surface area contributed by atoms with Crippen LogP contribution >= 0.6 is 27.7 Å². The van der Waals surface area contributed by atoms with Crippen molar-refractivity contribution in [2.24, 2.45) is 0 Å². The van der Waals surface area contributed by atoms with Crippen molar-refractivity contribution in [3.63, 3.8) is 0 Å². The normalized spacial score (nSPS) is 11.1. The molecule has 0 aliphatic heterocycles. The van der Waals surface area contributed by atoms with Gasteiger partial charge in [0.2, 0.25) is 5.91 Å². The molecule has 0 aliphatic carbocycles. The Morgan fingerprint density at radius 2 is 2.39 bits per heavy atom. The summed E-state index contributed by atoms with van der Waals surface area (Å²) < 4.78 is 2.60. The summed E-state index contributed by atoms with van der Waals surface area (Å²) in [4.78, 5) is 20.2. The molecule has 0 fully saturated rings. The van der Waals surface area contributed by atoms with E-state index >= 15 is 0 Å². The summed E-state index contributed by atoms with van der Waals surface area (Å²) in [6.45, 7) is 3.87. The fourth-order valence-electron chi connectivity index (χ4n) is 1.47. The third-order valence-corrected chi connectivity index (χ3v) is 3.44. The van der Waals surface area contributed by atoms with Gasteiger partial charge in [-0.1, -0.05) is 11.8 Å². The van der Waals surface area contributed by atoms with Crippen LogP contribution in [0.15, 0.2) is 28.2 Å². The van der Waals surface area contributed by atoms with Crippen LogP contribution in [0.4, 0.5) is 0 Å². The van der Waals surface area contributed by atoms with Crippen molar-refractivity contribution in [1.82, 2.24) is 19.7 Å². The number of hydrogen-bond acceptors (Lipinski definition) is 4. The highest BCUT2D eigenvalue weighted by atomic mass is 79.9. The molecule has 1 amide bonds. The molecule has 0 saturated carbocycles. The number of carbonyl (C=O) groups is 1. The number of carbonyl (C=O) groups excluding carboxylic acids is 1. The highest BCUT2D eigenvalue weighted by molar-refractivity contribution is 9.10. The molecular formula is C11H13BrN4OS. The molecule has 0 aromatic carbocycles. The number of thioether (sulfide) groups is 1. The molecule has 0 atom stereocenters. The standard InChI is InChI=1S/C11H13BrN4OS/c1-7(2)14-9(17)6-18-11-10-13-3-4-16(10)5-8(12)15-11/h3-5,7H,6H2,1-2H3,(H,14,17). The number of nitrogens with zero attached hydrogens (tertiary/aromatic N) is 3. The van der Waals surface area contributed by atoms with Crippen LogP contribution in [-0.4, -0.2) is 32.1 Å². The van der Waals surface area contributed by atoms with Crippen LogP contribution in [0, 0.1) is 0 Å². The Morgan fingerprint density at radius 1 is 1.61 bits per heavy atom. The molecule has 0 unspecified atom stereocenters. The van der Waals surface area contributed by atoms with Crippen LogP contribution in [0.1, 0.15) is 13.8 Å². The zero-order valence-corrected chi connectivity index (χ0v) is 12.5. The minimum atomic E-state index is 0.00137. The fraction of sp³-hybridized carbons (Fsp3) is 0.364. The van der Waals surface area contributed by atoms with E-state index in [4.69, 9.17) is 0 Å². The highest BCUT2D eigenvalue weighted by Crippen LogP contribution is 2.22. The average Bonchev–Trinajstić information content (AvgIpc) is 2.72. The van der Waals surface area contributed by atoms with E-state index in [1.807, 2.05) is 30.6 Å². The van der Waals surface area contributed by atoms with Crippen molar-refractivity contribution >= 4 is 39.2 Å². The predicted octanol–water partition coefficient (Wildman–Crippen LogP) is 2.11. The molecule has 96 valence electrons. The van der Waals surface area contributed by atoms with Gasteiger partial charge in [-0.3, -0.25) is 4.79 Å². The first-order valence-corrected chi connectivity index (χ1v) is 7.25. The summed E-state index contributed by atoms with van der Waals surface area (Å²) in [7, 11) is 0. The summed E-state index contributed by atoms with van der Waals surface area (Å²) in [5.74, 6) is 0.339. The molecule has 0 spiro atoms. The zero-order chi connectivity index (χ0) is 13.1. The minimum Gasteiger partial charge on any atom is -0.353 e. The molecule has 2 aromatic heterocycles. The largest absolute Gasteiger partial charge is 0.353 e. The van der Waals surface area contributed by atoms with E-state index in [1.165, 1.54) is 11.8 Å². The SMILES string of the molecule is CC(C)NC(=O)CSc1nc(Br)cn2ccnc12. The third kappa shape index (κ3) is 3.23. The van der Waals surface area contributed by atoms with Crippen LogP contribution in [-0.2, 0) is 4.79 Å². The summed E-state index contributed by atoms with van der Waals surface area (Å²) in [6, 6.07) is 0.153. The smallest absolute Gasteiger partial charge is 0.230 e. The Bertz CT molecular complexity index is 569. The van der Waals surface area contributed by atoms with Crippen molar-refractivity contribution in [3.05, 3.63) is 23.2 Å². The summed E-state index contributed by atoms with van der Waals surface area (Å²) in [5, 5.41) is 3.59. The molecule has 1 N–H and O–H groups in total. The minimum absolute atomic E-state index is 0.00137. The zero-order valence-electron chi connectivity index (χ0n) is 10.1. The average molecular weight is 329 g/mol. The third-order valence-electron chi connectivity index (χ3n) is 2.10. The van der Waals surface area contributed by atoms with Gasteiger partial charge in [0.1, 0.15) is 9.63 Å². The Balaban J connectivity index is 2.11. The Hall–Kier alpha value is -1.08. The van der Waals surface area contributed by atoms with Gasteiger partial charge in [-0.15, -0.1) is 0 Å². The van der Waals surface area contributed by atoms with Crippen LogP contribution in [0.5, 0.6) is 0 Å². The number of halogens is 1. The van der Waals surface area contributed by atoms with Gasteiger partial charge in [-0.05, 0) is 29.8 Å². The molecule has 0 bridgehead atoms. The van der Waals surface area contributed by atoms with Crippen molar-refractivity contribution < 1.29 is 4.79 Å². The molecular weight excluding hydrogens is 316 g/mol. The van der Waals surface area contributed by atoms with Gasteiger partial charge in [0.25, 0.3) is 0 Å². The first-order chi connectivity index (χ1) is 8.56. The lowest BCUT2D eigenvalue weighted by molar-refractivity contribution is -0.119. The number of rotatable bonds is 4. The number of imidazole rings is 1. The van der Waals surface area contributed by atoms with Crippen LogP contribution in [0.2, 0.25) is 0 Å². The van der Waals surface area contributed by atoms with Gasteiger partial charge in [0.05, 0.1) is 5.75 Å². The van der Waals surface area contributed by atoms with Crippen molar-refractivity contribution in [2.45, 2.75) is 24.9 Å². The van der Waals surface area contributed by atoms with Crippen molar-refractivity contribution in [2.75, 3.05) is 5.75 Å². The lowest BCUT2D eigenvalue weighted by Gasteiger charge is -2.08. The Labute approximate surface area is 118 Å². The lowest BCUT2D eigenvalue weighted by Crippen LogP contribution is -2.31. The van der Waals surface area contributed by atoms with E-state index in [0.717, 1.165) is 15.3 Å². The van der Waals surface area contributed by atoms with E-state index in [9.17, 15) is 4.79 Å². The number of aromatic nitrogens is 3. The van der Waals surface area contributed by atoms with Gasteiger partial charge in [-0.2, -0.15) is 0 Å². The number of fused-ring (bicyclic) bond motifs is 1. The molecule has 18 heavy (non-hydrogen) atoms. The summed E-state index contributed by atoms with van der Waals surface area (Å²) in [5.41, 5.74) is 0.764. The Kier molecular flexibility index (Phi) is 4.23.